The molecule has 0 aliphatic carbocycles. The lowest BCUT2D eigenvalue weighted by Gasteiger charge is -2.01. The first-order valence-electron chi connectivity index (χ1n) is 8.10. The van der Waals surface area contributed by atoms with Gasteiger partial charge in [0.05, 0.1) is 17.9 Å². The summed E-state index contributed by atoms with van der Waals surface area (Å²) >= 11 is 0. The fourth-order valence-electron chi connectivity index (χ4n) is 2.47. The average Bonchev–Trinajstić information content (AvgIpc) is 2.91. The molecule has 2 aromatic rings. The van der Waals surface area contributed by atoms with Crippen LogP contribution in [0.15, 0.2) is 70.6 Å². The number of ether oxygens (including phenoxy) is 1. The highest BCUT2D eigenvalue weighted by Gasteiger charge is 2.29. The lowest BCUT2D eigenvalue weighted by molar-refractivity contribution is -0.142. The van der Waals surface area contributed by atoms with E-state index in [1.807, 2.05) is 36.4 Å². The topological polar surface area (TPSA) is 84.8 Å². The van der Waals surface area contributed by atoms with Crippen molar-refractivity contribution < 1.29 is 17.9 Å². The van der Waals surface area contributed by atoms with Crippen molar-refractivity contribution in [3.63, 3.8) is 0 Å². The molecule has 0 aromatic heterocycles. The minimum absolute atomic E-state index is 0.0760. The zero-order valence-corrected chi connectivity index (χ0v) is 14.8. The maximum absolute atomic E-state index is 12.0. The Morgan fingerprint density at radius 2 is 1.81 bits per heavy atom. The van der Waals surface area contributed by atoms with Gasteiger partial charge in [0, 0.05) is 5.56 Å². The van der Waals surface area contributed by atoms with Crippen LogP contribution in [0.1, 0.15) is 17.5 Å². The summed E-state index contributed by atoms with van der Waals surface area (Å²) in [5.74, 6) is -0.126. The van der Waals surface area contributed by atoms with E-state index >= 15 is 0 Å². The van der Waals surface area contributed by atoms with Crippen molar-refractivity contribution in [1.29, 1.82) is 0 Å². The van der Waals surface area contributed by atoms with Crippen molar-refractivity contribution >= 4 is 27.9 Å². The van der Waals surface area contributed by atoms with Crippen LogP contribution in [-0.2, 0) is 19.6 Å². The summed E-state index contributed by atoms with van der Waals surface area (Å²) in [6.07, 6.45) is 3.71. The van der Waals surface area contributed by atoms with Crippen LogP contribution in [0.5, 0.6) is 0 Å². The highest BCUT2D eigenvalue weighted by atomic mass is 32.2. The van der Waals surface area contributed by atoms with E-state index in [4.69, 9.17) is 4.74 Å². The van der Waals surface area contributed by atoms with E-state index in [0.29, 0.717) is 5.56 Å². The lowest BCUT2D eigenvalue weighted by atomic mass is 10.2. The number of esters is 1. The molecule has 0 saturated heterocycles. The number of benzene rings is 2. The standard InChI is InChI=1S/C19H18N2O4S/c22-18(25-14-6-9-15-7-2-1-3-8-15)12-13-20-19-16-10-4-5-11-17(16)26(23,24)21-19/h1-11H,12-14H2,(H,20,21)/b9-6+. The van der Waals surface area contributed by atoms with E-state index in [-0.39, 0.29) is 36.3 Å². The molecule has 0 unspecified atom stereocenters. The molecular weight excluding hydrogens is 352 g/mol. The van der Waals surface area contributed by atoms with Crippen molar-refractivity contribution in [3.05, 3.63) is 71.8 Å². The second-order valence-electron chi connectivity index (χ2n) is 5.58. The number of rotatable bonds is 6. The van der Waals surface area contributed by atoms with E-state index in [0.717, 1.165) is 5.56 Å². The van der Waals surface area contributed by atoms with Crippen molar-refractivity contribution in [2.45, 2.75) is 11.3 Å². The largest absolute Gasteiger partial charge is 0.461 e. The number of amidine groups is 1. The van der Waals surface area contributed by atoms with Gasteiger partial charge in [-0.25, -0.2) is 8.42 Å². The number of carbonyl (C=O) groups is 1. The van der Waals surface area contributed by atoms with E-state index < -0.39 is 10.0 Å². The first-order chi connectivity index (χ1) is 12.6. The smallest absolute Gasteiger partial charge is 0.307 e. The maximum atomic E-state index is 12.0. The molecule has 0 radical (unpaired) electrons. The Bertz CT molecular complexity index is 951. The molecule has 0 atom stereocenters. The summed E-state index contributed by atoms with van der Waals surface area (Å²) in [5, 5.41) is 0. The van der Waals surface area contributed by atoms with Gasteiger partial charge in [-0.3, -0.25) is 14.5 Å². The third kappa shape index (κ3) is 4.37. The van der Waals surface area contributed by atoms with Crippen molar-refractivity contribution in [2.24, 2.45) is 4.99 Å². The Balaban J connectivity index is 1.48. The highest BCUT2D eigenvalue weighted by Crippen LogP contribution is 2.22. The van der Waals surface area contributed by atoms with Crippen LogP contribution in [0, 0.1) is 0 Å². The predicted molar refractivity (Wildman–Crippen MR) is 99.2 cm³/mol. The highest BCUT2D eigenvalue weighted by molar-refractivity contribution is 7.90. The van der Waals surface area contributed by atoms with Gasteiger partial charge >= 0.3 is 5.97 Å². The van der Waals surface area contributed by atoms with Crippen LogP contribution < -0.4 is 4.72 Å². The second kappa shape index (κ2) is 7.97. The molecule has 134 valence electrons. The van der Waals surface area contributed by atoms with Gasteiger partial charge in [0.2, 0.25) is 0 Å². The SMILES string of the molecule is O=C(CCN=C1NS(=O)(=O)c2ccccc21)OC/C=C/c1ccccc1. The van der Waals surface area contributed by atoms with Crippen LogP contribution in [0.3, 0.4) is 0 Å². The molecule has 0 amide bonds. The molecule has 0 spiro atoms. The summed E-state index contributed by atoms with van der Waals surface area (Å²) < 4.78 is 31.4. The minimum atomic E-state index is -3.56. The van der Waals surface area contributed by atoms with Crippen LogP contribution >= 0.6 is 0 Å². The Labute approximate surface area is 152 Å². The van der Waals surface area contributed by atoms with Crippen LogP contribution in [0.2, 0.25) is 0 Å². The van der Waals surface area contributed by atoms with Gasteiger partial charge in [-0.1, -0.05) is 48.5 Å². The third-order valence-electron chi connectivity index (χ3n) is 3.70. The molecule has 0 saturated carbocycles. The summed E-state index contributed by atoms with van der Waals surface area (Å²) in [4.78, 5) is 16.1. The molecule has 1 heterocycles. The minimum Gasteiger partial charge on any atom is -0.461 e. The second-order valence-corrected chi connectivity index (χ2v) is 7.23. The van der Waals surface area contributed by atoms with Gasteiger partial charge in [-0.2, -0.15) is 0 Å². The first kappa shape index (κ1) is 17.9. The number of nitrogens with zero attached hydrogens (tertiary/aromatic N) is 1. The van der Waals surface area contributed by atoms with Crippen LogP contribution in [0.4, 0.5) is 0 Å². The number of aliphatic imine (C=N–C) groups is 1. The predicted octanol–water partition coefficient (Wildman–Crippen LogP) is 2.37. The first-order valence-corrected chi connectivity index (χ1v) is 9.58. The number of hydrogen-bond acceptors (Lipinski definition) is 5. The summed E-state index contributed by atoms with van der Waals surface area (Å²) in [7, 11) is -3.56. The molecular formula is C19H18N2O4S. The monoisotopic (exact) mass is 370 g/mol. The van der Waals surface area contributed by atoms with Gasteiger partial charge < -0.3 is 4.74 Å². The zero-order chi connectivity index (χ0) is 18.4. The van der Waals surface area contributed by atoms with Crippen LogP contribution in [-0.4, -0.2) is 33.4 Å². The van der Waals surface area contributed by atoms with Crippen molar-refractivity contribution in [3.8, 4) is 0 Å². The maximum Gasteiger partial charge on any atom is 0.307 e. The van der Waals surface area contributed by atoms with Gasteiger partial charge in [-0.05, 0) is 23.8 Å². The Morgan fingerprint density at radius 3 is 2.62 bits per heavy atom. The molecule has 1 aliphatic rings. The molecule has 1 N–H and O–H groups in total. The van der Waals surface area contributed by atoms with Gasteiger partial charge in [0.1, 0.15) is 12.4 Å². The number of sulfonamides is 1. The normalized spacial score (nSPS) is 16.4. The quantitative estimate of drug-likeness (QED) is 0.791. The molecule has 3 rings (SSSR count). The molecule has 6 nitrogen and oxygen atoms in total. The van der Waals surface area contributed by atoms with E-state index in [2.05, 4.69) is 9.71 Å². The number of hydrogen-bond donors (Lipinski definition) is 1. The van der Waals surface area contributed by atoms with Gasteiger partial charge in [0.25, 0.3) is 10.0 Å². The third-order valence-corrected chi connectivity index (χ3v) is 5.10. The molecule has 0 fully saturated rings. The number of fused-ring (bicyclic) bond motifs is 1. The summed E-state index contributed by atoms with van der Waals surface area (Å²) in [5.41, 5.74) is 1.55. The van der Waals surface area contributed by atoms with Crippen molar-refractivity contribution in [1.82, 2.24) is 4.72 Å². The molecule has 26 heavy (non-hydrogen) atoms. The molecule has 2 aromatic carbocycles. The lowest BCUT2D eigenvalue weighted by Crippen LogP contribution is -2.22. The Kier molecular flexibility index (Phi) is 5.48. The van der Waals surface area contributed by atoms with E-state index in [1.165, 1.54) is 6.07 Å². The molecule has 7 heteroatoms. The summed E-state index contributed by atoms with van der Waals surface area (Å²) in [6, 6.07) is 16.3. The Hall–Kier alpha value is -2.93. The van der Waals surface area contributed by atoms with Crippen molar-refractivity contribution in [2.75, 3.05) is 13.2 Å². The molecule has 0 bridgehead atoms. The van der Waals surface area contributed by atoms with Gasteiger partial charge in [0.15, 0.2) is 0 Å². The zero-order valence-electron chi connectivity index (χ0n) is 14.0. The fourth-order valence-corrected chi connectivity index (χ4v) is 3.72. The number of carbonyl (C=O) groups excluding carboxylic acids is 1. The van der Waals surface area contributed by atoms with E-state index in [9.17, 15) is 13.2 Å². The Morgan fingerprint density at radius 1 is 1.08 bits per heavy atom. The van der Waals surface area contributed by atoms with Crippen LogP contribution in [0.25, 0.3) is 6.08 Å². The molecule has 1 aliphatic heterocycles. The number of nitrogens with one attached hydrogen (secondary N) is 1. The average molecular weight is 370 g/mol. The fraction of sp³-hybridized carbons (Fsp3) is 0.158. The van der Waals surface area contributed by atoms with Gasteiger partial charge in [-0.15, -0.1) is 0 Å². The summed E-state index contributed by atoms with van der Waals surface area (Å²) in [6.45, 7) is 0.327. The van der Waals surface area contributed by atoms with E-state index in [1.54, 1.807) is 24.3 Å².